The zero-order valence-electron chi connectivity index (χ0n) is 10.3. The van der Waals surface area contributed by atoms with Gasteiger partial charge in [0.05, 0.1) is 6.61 Å². The number of benzene rings is 1. The minimum absolute atomic E-state index is 0.733. The van der Waals surface area contributed by atoms with Gasteiger partial charge in [-0.2, -0.15) is 0 Å². The molecule has 0 spiro atoms. The monoisotopic (exact) mass is 253 g/mol. The first-order valence-electron chi connectivity index (χ1n) is 6.36. The molecule has 1 fully saturated rings. The van der Waals surface area contributed by atoms with Crippen LogP contribution >= 0.6 is 11.6 Å². The summed E-state index contributed by atoms with van der Waals surface area (Å²) < 4.78 is 5.93. The van der Waals surface area contributed by atoms with Crippen molar-refractivity contribution in [3.8, 4) is 5.75 Å². The average Bonchev–Trinajstić information content (AvgIpc) is 2.83. The maximum Gasteiger partial charge on any atom is 0.125 e. The SMILES string of the molecule is CNCc1c(Cl)cccc1OCC1CCCC1. The maximum atomic E-state index is 6.18. The van der Waals surface area contributed by atoms with Crippen LogP contribution in [0.3, 0.4) is 0 Å². The second-order valence-electron chi connectivity index (χ2n) is 4.71. The molecule has 0 radical (unpaired) electrons. The van der Waals surface area contributed by atoms with E-state index in [4.69, 9.17) is 16.3 Å². The lowest BCUT2D eigenvalue weighted by Gasteiger charge is -2.15. The molecular formula is C14H20ClNO. The smallest absolute Gasteiger partial charge is 0.125 e. The number of hydrogen-bond acceptors (Lipinski definition) is 2. The van der Waals surface area contributed by atoms with Gasteiger partial charge in [0.15, 0.2) is 0 Å². The topological polar surface area (TPSA) is 21.3 Å². The molecule has 1 aliphatic carbocycles. The van der Waals surface area contributed by atoms with Crippen LogP contribution in [-0.2, 0) is 6.54 Å². The number of hydrogen-bond donors (Lipinski definition) is 1. The van der Waals surface area contributed by atoms with Gasteiger partial charge in [-0.25, -0.2) is 0 Å². The van der Waals surface area contributed by atoms with Gasteiger partial charge >= 0.3 is 0 Å². The Morgan fingerprint density at radius 2 is 2.12 bits per heavy atom. The summed E-state index contributed by atoms with van der Waals surface area (Å²) >= 11 is 6.18. The zero-order chi connectivity index (χ0) is 12.1. The van der Waals surface area contributed by atoms with Crippen molar-refractivity contribution >= 4 is 11.6 Å². The zero-order valence-corrected chi connectivity index (χ0v) is 11.1. The molecule has 1 aromatic carbocycles. The fraction of sp³-hybridized carbons (Fsp3) is 0.571. The van der Waals surface area contributed by atoms with Crippen LogP contribution in [0.4, 0.5) is 0 Å². The summed E-state index contributed by atoms with van der Waals surface area (Å²) in [6.45, 7) is 1.58. The van der Waals surface area contributed by atoms with Gasteiger partial charge in [-0.3, -0.25) is 0 Å². The number of halogens is 1. The van der Waals surface area contributed by atoms with Crippen molar-refractivity contribution in [2.75, 3.05) is 13.7 Å². The summed E-state index contributed by atoms with van der Waals surface area (Å²) in [6.07, 6.45) is 5.32. The van der Waals surface area contributed by atoms with Gasteiger partial charge in [-0.1, -0.05) is 30.5 Å². The van der Waals surface area contributed by atoms with Crippen LogP contribution in [0.25, 0.3) is 0 Å². The van der Waals surface area contributed by atoms with Crippen LogP contribution in [0, 0.1) is 5.92 Å². The molecule has 0 heterocycles. The van der Waals surface area contributed by atoms with Crippen LogP contribution in [-0.4, -0.2) is 13.7 Å². The molecule has 1 aromatic rings. The summed E-state index contributed by atoms with van der Waals surface area (Å²) in [4.78, 5) is 0. The van der Waals surface area contributed by atoms with Crippen LogP contribution in [0.15, 0.2) is 18.2 Å². The van der Waals surface area contributed by atoms with Crippen LogP contribution in [0.1, 0.15) is 31.2 Å². The van der Waals surface area contributed by atoms with Gasteiger partial charge in [0.25, 0.3) is 0 Å². The first-order valence-corrected chi connectivity index (χ1v) is 6.74. The van der Waals surface area contributed by atoms with Crippen LogP contribution < -0.4 is 10.1 Å². The van der Waals surface area contributed by atoms with Crippen molar-refractivity contribution in [3.63, 3.8) is 0 Å². The highest BCUT2D eigenvalue weighted by Gasteiger charge is 2.16. The van der Waals surface area contributed by atoms with E-state index in [-0.39, 0.29) is 0 Å². The molecule has 0 atom stereocenters. The molecule has 1 N–H and O–H groups in total. The lowest BCUT2D eigenvalue weighted by atomic mass is 10.1. The molecule has 0 bridgehead atoms. The van der Waals surface area contributed by atoms with Crippen LogP contribution in [0.2, 0.25) is 5.02 Å². The molecule has 3 heteroatoms. The summed E-state index contributed by atoms with van der Waals surface area (Å²) in [5.41, 5.74) is 1.06. The highest BCUT2D eigenvalue weighted by atomic mass is 35.5. The predicted octanol–water partition coefficient (Wildman–Crippen LogP) is 3.63. The molecule has 0 saturated heterocycles. The third-order valence-corrected chi connectivity index (χ3v) is 3.73. The van der Waals surface area contributed by atoms with Gasteiger partial charge in [-0.05, 0) is 37.9 Å². The first-order chi connectivity index (χ1) is 8.31. The Bertz CT molecular complexity index is 361. The first kappa shape index (κ1) is 12.7. The van der Waals surface area contributed by atoms with Crippen molar-refractivity contribution in [1.82, 2.24) is 5.32 Å². The Kier molecular flexibility index (Phi) is 4.69. The molecule has 2 nitrogen and oxygen atoms in total. The lowest BCUT2D eigenvalue weighted by Crippen LogP contribution is -2.12. The van der Waals surface area contributed by atoms with Gasteiger partial charge in [0.1, 0.15) is 5.75 Å². The normalized spacial score (nSPS) is 16.4. The Morgan fingerprint density at radius 3 is 2.82 bits per heavy atom. The minimum atomic E-state index is 0.733. The van der Waals surface area contributed by atoms with Crippen LogP contribution in [0.5, 0.6) is 5.75 Å². The minimum Gasteiger partial charge on any atom is -0.493 e. The van der Waals surface area contributed by atoms with Gasteiger partial charge in [0, 0.05) is 17.1 Å². The molecule has 0 aromatic heterocycles. The summed E-state index contributed by atoms with van der Waals surface area (Å²) in [5, 5.41) is 3.91. The highest BCUT2D eigenvalue weighted by Crippen LogP contribution is 2.29. The van der Waals surface area contributed by atoms with Gasteiger partial charge < -0.3 is 10.1 Å². The van der Waals surface area contributed by atoms with Crippen molar-refractivity contribution in [2.24, 2.45) is 5.92 Å². The molecule has 1 aliphatic rings. The van der Waals surface area contributed by atoms with E-state index in [9.17, 15) is 0 Å². The van der Waals surface area contributed by atoms with E-state index >= 15 is 0 Å². The van der Waals surface area contributed by atoms with Crippen molar-refractivity contribution in [1.29, 1.82) is 0 Å². The van der Waals surface area contributed by atoms with Crippen molar-refractivity contribution < 1.29 is 4.74 Å². The lowest BCUT2D eigenvalue weighted by molar-refractivity contribution is 0.249. The summed E-state index contributed by atoms with van der Waals surface area (Å²) in [6, 6.07) is 5.87. The predicted molar refractivity (Wildman–Crippen MR) is 71.7 cm³/mol. The third-order valence-electron chi connectivity index (χ3n) is 3.38. The Labute approximate surface area is 108 Å². The highest BCUT2D eigenvalue weighted by molar-refractivity contribution is 6.31. The average molecular weight is 254 g/mol. The van der Waals surface area contributed by atoms with Gasteiger partial charge in [0.2, 0.25) is 0 Å². The van der Waals surface area contributed by atoms with E-state index in [1.54, 1.807) is 0 Å². The summed E-state index contributed by atoms with van der Waals surface area (Å²) in [7, 11) is 1.92. The summed E-state index contributed by atoms with van der Waals surface area (Å²) in [5.74, 6) is 1.66. The van der Waals surface area contributed by atoms with E-state index in [1.165, 1.54) is 25.7 Å². The number of rotatable bonds is 5. The molecule has 2 rings (SSSR count). The van der Waals surface area contributed by atoms with E-state index in [1.807, 2.05) is 25.2 Å². The molecule has 1 saturated carbocycles. The largest absolute Gasteiger partial charge is 0.493 e. The quantitative estimate of drug-likeness (QED) is 0.865. The standard InChI is InChI=1S/C14H20ClNO/c1-16-9-12-13(15)7-4-8-14(12)17-10-11-5-2-3-6-11/h4,7-8,11,16H,2-3,5-6,9-10H2,1H3. The number of nitrogens with one attached hydrogen (secondary N) is 1. The molecule has 0 unspecified atom stereocenters. The van der Waals surface area contributed by atoms with E-state index < -0.39 is 0 Å². The second-order valence-corrected chi connectivity index (χ2v) is 5.12. The third kappa shape index (κ3) is 3.36. The Morgan fingerprint density at radius 1 is 1.35 bits per heavy atom. The molecule has 17 heavy (non-hydrogen) atoms. The Balaban J connectivity index is 2.00. The second kappa shape index (κ2) is 6.27. The molecular weight excluding hydrogens is 234 g/mol. The van der Waals surface area contributed by atoms with Crippen molar-refractivity contribution in [2.45, 2.75) is 32.2 Å². The van der Waals surface area contributed by atoms with E-state index in [0.717, 1.165) is 35.4 Å². The molecule has 0 aliphatic heterocycles. The number of ether oxygens (including phenoxy) is 1. The molecule has 0 amide bonds. The molecule has 94 valence electrons. The van der Waals surface area contributed by atoms with Gasteiger partial charge in [-0.15, -0.1) is 0 Å². The van der Waals surface area contributed by atoms with Crippen molar-refractivity contribution in [3.05, 3.63) is 28.8 Å². The fourth-order valence-electron chi connectivity index (χ4n) is 2.41. The Hall–Kier alpha value is -0.730. The van der Waals surface area contributed by atoms with E-state index in [2.05, 4.69) is 5.32 Å². The van der Waals surface area contributed by atoms with E-state index in [0.29, 0.717) is 0 Å². The fourth-order valence-corrected chi connectivity index (χ4v) is 2.64. The maximum absolute atomic E-state index is 6.18.